The molecule has 1 aromatic heterocycles. The summed E-state index contributed by atoms with van der Waals surface area (Å²) in [5, 5.41) is 5.15. The van der Waals surface area contributed by atoms with Crippen molar-refractivity contribution in [3.8, 4) is 11.4 Å². The molecule has 0 radical (unpaired) electrons. The molecule has 5 heteroatoms. The third kappa shape index (κ3) is 3.64. The van der Waals surface area contributed by atoms with Gasteiger partial charge in [-0.1, -0.05) is 41.9 Å². The summed E-state index contributed by atoms with van der Waals surface area (Å²) in [6.07, 6.45) is 0. The molecule has 0 unspecified atom stereocenters. The van der Waals surface area contributed by atoms with E-state index in [1.165, 1.54) is 5.56 Å². The fourth-order valence-electron chi connectivity index (χ4n) is 2.74. The van der Waals surface area contributed by atoms with Gasteiger partial charge in [0, 0.05) is 21.7 Å². The average molecular weight is 381 g/mol. The molecule has 0 aliphatic heterocycles. The molecule has 0 amide bonds. The van der Waals surface area contributed by atoms with Gasteiger partial charge >= 0.3 is 0 Å². The molecule has 3 aromatic carbocycles. The number of para-hydroxylation sites is 2. The topological polar surface area (TPSA) is 37.8 Å². The van der Waals surface area contributed by atoms with Gasteiger partial charge in [0.05, 0.1) is 5.52 Å². The largest absolute Gasteiger partial charge is 1.00 e. The minimum atomic E-state index is 0. The predicted octanol–water partition coefficient (Wildman–Crippen LogP) is 3.01. The number of halogens is 2. The number of rotatable bonds is 3. The quantitative estimate of drug-likeness (QED) is 0.593. The Bertz CT molecular complexity index is 1050. The summed E-state index contributed by atoms with van der Waals surface area (Å²) < 4.78 is 0. The highest BCUT2D eigenvalue weighted by atomic mass is 35.5. The summed E-state index contributed by atoms with van der Waals surface area (Å²) >= 11 is 6.00. The molecule has 130 valence electrons. The van der Waals surface area contributed by atoms with E-state index in [0.717, 1.165) is 28.0 Å². The molecule has 1 N–H and O–H groups in total. The smallest absolute Gasteiger partial charge is 0.162 e. The Kier molecular flexibility index (Phi) is 5.40. The van der Waals surface area contributed by atoms with Gasteiger partial charge in [0.1, 0.15) is 5.82 Å². The molecule has 0 fully saturated rings. The van der Waals surface area contributed by atoms with Gasteiger partial charge in [-0.05, 0) is 55.0 Å². The summed E-state index contributed by atoms with van der Waals surface area (Å²) in [6.45, 7) is 2.08. The molecular weight excluding hydrogens is 365 g/mol. The highest BCUT2D eigenvalue weighted by molar-refractivity contribution is 6.30. The Labute approximate surface area is 163 Å². The van der Waals surface area contributed by atoms with Gasteiger partial charge in [-0.3, -0.25) is 0 Å². The van der Waals surface area contributed by atoms with E-state index in [2.05, 4.69) is 18.3 Å². The van der Waals surface area contributed by atoms with E-state index in [1.807, 2.05) is 66.7 Å². The molecule has 4 aromatic rings. The lowest BCUT2D eigenvalue weighted by atomic mass is 10.1. The van der Waals surface area contributed by atoms with E-state index < -0.39 is 0 Å². The Morgan fingerprint density at radius 3 is 2.27 bits per heavy atom. The van der Waals surface area contributed by atoms with Gasteiger partial charge in [-0.2, -0.15) is 0 Å². The average Bonchev–Trinajstić information content (AvgIpc) is 2.64. The molecule has 26 heavy (non-hydrogen) atoms. The number of nitrogens with one attached hydrogen (secondary N) is 1. The number of fused-ring (bicyclic) bond motifs is 1. The van der Waals surface area contributed by atoms with E-state index >= 15 is 0 Å². The van der Waals surface area contributed by atoms with Crippen molar-refractivity contribution >= 4 is 34.0 Å². The summed E-state index contributed by atoms with van der Waals surface area (Å²) in [5.74, 6) is 1.47. The van der Waals surface area contributed by atoms with Crippen molar-refractivity contribution in [1.82, 2.24) is 9.97 Å². The molecule has 4 rings (SSSR count). The summed E-state index contributed by atoms with van der Waals surface area (Å²) in [5.41, 5.74) is 4.04. The van der Waals surface area contributed by atoms with Crippen LogP contribution in [0.3, 0.4) is 0 Å². The summed E-state index contributed by atoms with van der Waals surface area (Å²) in [4.78, 5) is 9.48. The Balaban J connectivity index is 0.00000196. The van der Waals surface area contributed by atoms with Gasteiger partial charge < -0.3 is 17.7 Å². The minimum absolute atomic E-state index is 0. The van der Waals surface area contributed by atoms with Crippen molar-refractivity contribution < 1.29 is 12.4 Å². The number of aromatic nitrogens is 2. The van der Waals surface area contributed by atoms with Crippen LogP contribution in [0.15, 0.2) is 72.8 Å². The van der Waals surface area contributed by atoms with Crippen molar-refractivity contribution in [2.45, 2.75) is 6.92 Å². The summed E-state index contributed by atoms with van der Waals surface area (Å²) in [6, 6.07) is 23.7. The standard InChI is InChI=1S/C21H16ClN3.ClH/c1-14-6-2-4-8-18(14)23-21-17-7-3-5-9-19(17)24-20(25-21)15-10-12-16(22)13-11-15;/h2-13H,1H3,(H,23,24,25);1H/p-1. The molecule has 0 saturated carbocycles. The molecule has 0 saturated heterocycles. The number of hydrogen-bond donors (Lipinski definition) is 1. The molecule has 0 bridgehead atoms. The second-order valence-electron chi connectivity index (χ2n) is 5.86. The number of anilines is 2. The number of aryl methyl sites for hydroxylation is 1. The second kappa shape index (κ2) is 7.73. The number of hydrogen-bond acceptors (Lipinski definition) is 3. The number of benzene rings is 3. The lowest BCUT2D eigenvalue weighted by molar-refractivity contribution is -0.00000497. The molecule has 3 nitrogen and oxygen atoms in total. The molecule has 0 aliphatic rings. The van der Waals surface area contributed by atoms with Crippen LogP contribution in [0.5, 0.6) is 0 Å². The first-order valence-corrected chi connectivity index (χ1v) is 8.44. The van der Waals surface area contributed by atoms with Crippen molar-refractivity contribution in [1.29, 1.82) is 0 Å². The van der Waals surface area contributed by atoms with Gasteiger partial charge in [0.2, 0.25) is 0 Å². The molecule has 0 aliphatic carbocycles. The van der Waals surface area contributed by atoms with Crippen molar-refractivity contribution in [2.24, 2.45) is 0 Å². The predicted molar refractivity (Wildman–Crippen MR) is 104 cm³/mol. The monoisotopic (exact) mass is 380 g/mol. The van der Waals surface area contributed by atoms with E-state index in [0.29, 0.717) is 10.8 Å². The Hall–Kier alpha value is -2.62. The van der Waals surface area contributed by atoms with E-state index in [1.54, 1.807) is 0 Å². The molecule has 1 heterocycles. The van der Waals surface area contributed by atoms with E-state index in [-0.39, 0.29) is 12.4 Å². The van der Waals surface area contributed by atoms with Crippen LogP contribution in [0.2, 0.25) is 5.02 Å². The first-order chi connectivity index (χ1) is 12.2. The maximum Gasteiger partial charge on any atom is 0.162 e. The second-order valence-corrected chi connectivity index (χ2v) is 6.30. The molecular formula is C21H16Cl2N3-. The maximum atomic E-state index is 6.00. The third-order valence-corrected chi connectivity index (χ3v) is 4.36. The first-order valence-electron chi connectivity index (χ1n) is 8.06. The first kappa shape index (κ1) is 18.2. The van der Waals surface area contributed by atoms with Gasteiger partial charge in [-0.25, -0.2) is 9.97 Å². The van der Waals surface area contributed by atoms with Crippen LogP contribution in [0, 0.1) is 6.92 Å². The Morgan fingerprint density at radius 2 is 1.50 bits per heavy atom. The lowest BCUT2D eigenvalue weighted by Crippen LogP contribution is -3.00. The highest BCUT2D eigenvalue weighted by Gasteiger charge is 2.10. The normalized spacial score (nSPS) is 10.4. The maximum absolute atomic E-state index is 6.00. The van der Waals surface area contributed by atoms with Crippen LogP contribution >= 0.6 is 11.6 Å². The zero-order valence-corrected chi connectivity index (χ0v) is 15.6. The van der Waals surface area contributed by atoms with Crippen molar-refractivity contribution in [3.63, 3.8) is 0 Å². The van der Waals surface area contributed by atoms with E-state index in [4.69, 9.17) is 21.6 Å². The zero-order chi connectivity index (χ0) is 17.2. The van der Waals surface area contributed by atoms with Crippen LogP contribution in [-0.4, -0.2) is 9.97 Å². The zero-order valence-electron chi connectivity index (χ0n) is 14.1. The molecule has 0 spiro atoms. The summed E-state index contributed by atoms with van der Waals surface area (Å²) in [7, 11) is 0. The fourth-order valence-corrected chi connectivity index (χ4v) is 2.87. The minimum Gasteiger partial charge on any atom is -1.00 e. The van der Waals surface area contributed by atoms with Crippen LogP contribution in [-0.2, 0) is 0 Å². The van der Waals surface area contributed by atoms with Crippen LogP contribution in [0.25, 0.3) is 22.3 Å². The van der Waals surface area contributed by atoms with E-state index in [9.17, 15) is 0 Å². The van der Waals surface area contributed by atoms with Gasteiger partial charge in [0.15, 0.2) is 5.82 Å². The third-order valence-electron chi connectivity index (χ3n) is 4.10. The van der Waals surface area contributed by atoms with Crippen molar-refractivity contribution in [2.75, 3.05) is 5.32 Å². The Morgan fingerprint density at radius 1 is 0.808 bits per heavy atom. The van der Waals surface area contributed by atoms with Crippen LogP contribution < -0.4 is 17.7 Å². The number of nitrogens with zero attached hydrogens (tertiary/aromatic N) is 2. The van der Waals surface area contributed by atoms with Gasteiger partial charge in [0.25, 0.3) is 0 Å². The van der Waals surface area contributed by atoms with Crippen LogP contribution in [0.4, 0.5) is 11.5 Å². The fraction of sp³-hybridized carbons (Fsp3) is 0.0476. The van der Waals surface area contributed by atoms with Crippen LogP contribution in [0.1, 0.15) is 5.56 Å². The highest BCUT2D eigenvalue weighted by Crippen LogP contribution is 2.28. The van der Waals surface area contributed by atoms with Crippen molar-refractivity contribution in [3.05, 3.63) is 83.4 Å². The van der Waals surface area contributed by atoms with Gasteiger partial charge in [-0.15, -0.1) is 0 Å². The molecule has 0 atom stereocenters. The lowest BCUT2D eigenvalue weighted by Gasteiger charge is -2.12. The SMILES string of the molecule is Cc1ccccc1Nc1nc(-c2ccc(Cl)cc2)nc2ccccc12.[Cl-].